The van der Waals surface area contributed by atoms with E-state index in [4.69, 9.17) is 23.7 Å². The number of hydrogen-bond donors (Lipinski definition) is 1. The van der Waals surface area contributed by atoms with Crippen LogP contribution in [0.2, 0.25) is 0 Å². The summed E-state index contributed by atoms with van der Waals surface area (Å²) in [6.07, 6.45) is 18.2. The molecule has 0 aromatic rings. The van der Waals surface area contributed by atoms with Gasteiger partial charge in [0.1, 0.15) is 11.7 Å². The van der Waals surface area contributed by atoms with Crippen molar-refractivity contribution in [2.75, 3.05) is 0 Å². The van der Waals surface area contributed by atoms with Gasteiger partial charge in [-0.1, -0.05) is 38.8 Å². The Morgan fingerprint density at radius 3 is 2.19 bits per heavy atom. The molecule has 5 heterocycles. The highest BCUT2D eigenvalue weighted by Gasteiger charge is 2.66. The first-order valence-electron chi connectivity index (χ1n) is 13.2. The summed E-state index contributed by atoms with van der Waals surface area (Å²) in [5.74, 6) is 0. The maximum Gasteiger partial charge on any atom is 0.115 e. The van der Waals surface area contributed by atoms with Gasteiger partial charge in [-0.25, -0.2) is 0 Å². The Bertz CT molecular complexity index is 723. The molecular formula is C26H40O6. The predicted molar refractivity (Wildman–Crippen MR) is 118 cm³/mol. The largest absolute Gasteiger partial charge is 0.386 e. The first-order chi connectivity index (χ1) is 15.5. The molecule has 7 rings (SSSR count). The van der Waals surface area contributed by atoms with Crippen molar-refractivity contribution < 1.29 is 28.8 Å². The number of epoxide rings is 1. The monoisotopic (exact) mass is 448 g/mol. The van der Waals surface area contributed by atoms with Gasteiger partial charge in [0.2, 0.25) is 0 Å². The SMILES string of the molecule is CCCC1CC[C@@H]2O[C@@H]3CC2(C=C[C@H]3O)O1.CCCC1CC[C@@H]2O[C@@H]3CC2(CC2O[C@H]23)O1. The third kappa shape index (κ3) is 3.70. The summed E-state index contributed by atoms with van der Waals surface area (Å²) in [4.78, 5) is 0. The molecule has 5 unspecified atom stereocenters. The van der Waals surface area contributed by atoms with E-state index in [0.717, 1.165) is 38.5 Å². The second kappa shape index (κ2) is 8.31. The fourth-order valence-corrected chi connectivity index (χ4v) is 7.30. The lowest BCUT2D eigenvalue weighted by Gasteiger charge is -2.42. The van der Waals surface area contributed by atoms with Crippen LogP contribution in [0.25, 0.3) is 0 Å². The average Bonchev–Trinajstić information content (AvgIpc) is 3.37. The standard InChI is InChI=1S/2C13H20O3/c1-2-3-8-4-5-11-13(16-8)6-9(14-11)12-10(7-13)15-12;1-2-3-9-4-5-12-13(16-9)7-6-10(14)11(8-13)15-12/h8-12H,2-7H2,1H3;6-7,9-12,14H,2-5,8H2,1H3/t8?,9-,10?,11+,12+,13?;9?,10-,11-,12+,13?/m11/s1. The molecule has 6 fully saturated rings. The lowest BCUT2D eigenvalue weighted by atomic mass is 9.78. The summed E-state index contributed by atoms with van der Waals surface area (Å²) >= 11 is 0. The van der Waals surface area contributed by atoms with Crippen LogP contribution in [0.1, 0.15) is 84.5 Å². The zero-order valence-electron chi connectivity index (χ0n) is 19.6. The minimum Gasteiger partial charge on any atom is -0.386 e. The molecule has 5 aliphatic heterocycles. The van der Waals surface area contributed by atoms with Gasteiger partial charge in [-0.05, 0) is 38.5 Å². The molecule has 2 aliphatic carbocycles. The van der Waals surface area contributed by atoms with Crippen LogP contribution >= 0.6 is 0 Å². The fourth-order valence-electron chi connectivity index (χ4n) is 7.30. The van der Waals surface area contributed by atoms with Gasteiger partial charge < -0.3 is 28.8 Å². The van der Waals surface area contributed by atoms with Crippen LogP contribution < -0.4 is 0 Å². The molecule has 4 bridgehead atoms. The summed E-state index contributed by atoms with van der Waals surface area (Å²) in [5.41, 5.74) is -0.192. The van der Waals surface area contributed by atoms with Gasteiger partial charge in [0, 0.05) is 19.3 Å². The second-order valence-electron chi connectivity index (χ2n) is 11.2. The topological polar surface area (TPSA) is 69.7 Å². The fraction of sp³-hybridized carbons (Fsp3) is 0.923. The molecule has 0 aromatic heterocycles. The lowest BCUT2D eigenvalue weighted by molar-refractivity contribution is -0.171. The van der Waals surface area contributed by atoms with E-state index in [0.29, 0.717) is 36.6 Å². The summed E-state index contributed by atoms with van der Waals surface area (Å²) in [6, 6.07) is 0. The third-order valence-electron chi connectivity index (χ3n) is 8.88. The van der Waals surface area contributed by atoms with Gasteiger partial charge in [0.05, 0.1) is 54.4 Å². The van der Waals surface area contributed by atoms with Crippen molar-refractivity contribution in [2.24, 2.45) is 0 Å². The number of rotatable bonds is 4. The van der Waals surface area contributed by atoms with E-state index in [1.807, 2.05) is 12.2 Å². The van der Waals surface area contributed by atoms with Crippen molar-refractivity contribution >= 4 is 0 Å². The number of aliphatic hydroxyl groups excluding tert-OH is 1. The van der Waals surface area contributed by atoms with Gasteiger partial charge in [0.15, 0.2) is 0 Å². The van der Waals surface area contributed by atoms with Crippen molar-refractivity contribution in [3.05, 3.63) is 12.2 Å². The van der Waals surface area contributed by atoms with Gasteiger partial charge >= 0.3 is 0 Å². The van der Waals surface area contributed by atoms with E-state index in [1.165, 1.54) is 32.1 Å². The van der Waals surface area contributed by atoms with Crippen LogP contribution in [0.15, 0.2) is 12.2 Å². The molecule has 0 radical (unpaired) electrons. The summed E-state index contributed by atoms with van der Waals surface area (Å²) < 4.78 is 30.3. The maximum absolute atomic E-state index is 9.74. The molecule has 180 valence electrons. The van der Waals surface area contributed by atoms with E-state index in [9.17, 15) is 5.11 Å². The quantitative estimate of drug-likeness (QED) is 0.521. The zero-order valence-corrected chi connectivity index (χ0v) is 19.6. The van der Waals surface area contributed by atoms with Crippen molar-refractivity contribution in [2.45, 2.75) is 151 Å². The van der Waals surface area contributed by atoms with Crippen LogP contribution in [0.4, 0.5) is 0 Å². The molecule has 11 atom stereocenters. The molecule has 1 saturated carbocycles. The second-order valence-corrected chi connectivity index (χ2v) is 11.2. The molecule has 6 nitrogen and oxygen atoms in total. The Hall–Kier alpha value is -0.500. The van der Waals surface area contributed by atoms with Gasteiger partial charge in [-0.2, -0.15) is 0 Å². The van der Waals surface area contributed by atoms with Crippen molar-refractivity contribution in [1.29, 1.82) is 0 Å². The van der Waals surface area contributed by atoms with E-state index in [2.05, 4.69) is 13.8 Å². The maximum atomic E-state index is 9.74. The molecule has 0 aromatic carbocycles. The lowest BCUT2D eigenvalue weighted by Crippen LogP contribution is -2.50. The van der Waals surface area contributed by atoms with Crippen molar-refractivity contribution in [1.82, 2.24) is 0 Å². The first kappa shape index (κ1) is 22.0. The molecular weight excluding hydrogens is 408 g/mol. The van der Waals surface area contributed by atoms with Crippen LogP contribution in [0.3, 0.4) is 0 Å². The highest BCUT2D eigenvalue weighted by atomic mass is 16.6. The molecule has 1 N–H and O–H groups in total. The number of fused-ring (bicyclic) bond motifs is 4. The minimum absolute atomic E-state index is 0.0282. The zero-order chi connectivity index (χ0) is 21.9. The first-order valence-corrected chi connectivity index (χ1v) is 13.2. The van der Waals surface area contributed by atoms with E-state index >= 15 is 0 Å². The molecule has 32 heavy (non-hydrogen) atoms. The summed E-state index contributed by atoms with van der Waals surface area (Å²) in [5, 5.41) is 9.74. The average molecular weight is 449 g/mol. The van der Waals surface area contributed by atoms with E-state index < -0.39 is 6.10 Å². The Balaban J connectivity index is 0.000000122. The van der Waals surface area contributed by atoms with Crippen molar-refractivity contribution in [3.8, 4) is 0 Å². The Morgan fingerprint density at radius 2 is 1.44 bits per heavy atom. The van der Waals surface area contributed by atoms with Crippen LogP contribution in [0.5, 0.6) is 0 Å². The highest BCUT2D eigenvalue weighted by molar-refractivity contribution is 5.21. The number of hydrogen-bond acceptors (Lipinski definition) is 6. The smallest absolute Gasteiger partial charge is 0.115 e. The van der Waals surface area contributed by atoms with Crippen LogP contribution in [-0.2, 0) is 23.7 Å². The summed E-state index contributed by atoms with van der Waals surface area (Å²) in [6.45, 7) is 4.43. The molecule has 6 heteroatoms. The predicted octanol–water partition coefficient (Wildman–Crippen LogP) is 3.83. The molecule has 2 spiro atoms. The molecule has 7 aliphatic rings. The highest BCUT2D eigenvalue weighted by Crippen LogP contribution is 2.55. The van der Waals surface area contributed by atoms with Crippen LogP contribution in [-0.4, -0.2) is 71.2 Å². The van der Waals surface area contributed by atoms with Crippen molar-refractivity contribution in [3.63, 3.8) is 0 Å². The van der Waals surface area contributed by atoms with Gasteiger partial charge in [-0.3, -0.25) is 0 Å². The Morgan fingerprint density at radius 1 is 0.781 bits per heavy atom. The third-order valence-corrected chi connectivity index (χ3v) is 8.88. The number of ether oxygens (including phenoxy) is 5. The normalized spacial score (nSPS) is 54.2. The molecule has 0 amide bonds. The summed E-state index contributed by atoms with van der Waals surface area (Å²) in [7, 11) is 0. The van der Waals surface area contributed by atoms with E-state index in [-0.39, 0.29) is 23.4 Å². The molecule has 5 saturated heterocycles. The Labute approximate surface area is 192 Å². The van der Waals surface area contributed by atoms with Gasteiger partial charge in [-0.15, -0.1) is 0 Å². The van der Waals surface area contributed by atoms with E-state index in [1.54, 1.807) is 0 Å². The van der Waals surface area contributed by atoms with Gasteiger partial charge in [0.25, 0.3) is 0 Å². The minimum atomic E-state index is -0.440. The number of aliphatic hydroxyl groups is 1. The Kier molecular flexibility index (Phi) is 5.72. The van der Waals surface area contributed by atoms with Crippen LogP contribution in [0, 0.1) is 0 Å².